The van der Waals surface area contributed by atoms with Crippen LogP contribution >= 0.6 is 0 Å². The molecule has 0 saturated carbocycles. The Morgan fingerprint density at radius 3 is 1.10 bits per heavy atom. The van der Waals surface area contributed by atoms with Crippen molar-refractivity contribution in [2.45, 2.75) is 79.1 Å². The van der Waals surface area contributed by atoms with Gasteiger partial charge in [0.1, 0.15) is 11.5 Å². The van der Waals surface area contributed by atoms with Crippen LogP contribution in [0.5, 0.6) is 11.5 Å². The third-order valence-electron chi connectivity index (χ3n) is 5.24. The Hall–Kier alpha value is -2.14. The lowest BCUT2D eigenvalue weighted by atomic mass is 10.1. The molecule has 0 radical (unpaired) electrons. The van der Waals surface area contributed by atoms with Gasteiger partial charge in [0.2, 0.25) is 0 Å². The molecule has 2 rings (SSSR count). The number of pyridine rings is 2. The number of unbranched alkanes of at least 4 members (excludes halogenated alkanes) is 4. The highest BCUT2D eigenvalue weighted by Gasteiger charge is 2.24. The summed E-state index contributed by atoms with van der Waals surface area (Å²) in [7, 11) is 0. The molecule has 0 bridgehead atoms. The molecule has 176 valence electrons. The standard InChI is InChI=1S/C16H36N.2C5H5NO/c1-5-9-13-17(14-10-6-2,15-11-7-3)16-12-8-4;2*7-5-2-1-3-6-4-5/h5-16H2,1-4H3;2*1-4,7H/q+1;;. The minimum Gasteiger partial charge on any atom is -0.506 e. The van der Waals surface area contributed by atoms with E-state index in [4.69, 9.17) is 10.2 Å². The van der Waals surface area contributed by atoms with Crippen molar-refractivity contribution in [1.29, 1.82) is 0 Å². The number of aromatic nitrogens is 2. The molecule has 0 aliphatic carbocycles. The van der Waals surface area contributed by atoms with Crippen LogP contribution in [0.2, 0.25) is 0 Å². The van der Waals surface area contributed by atoms with Gasteiger partial charge in [-0.1, -0.05) is 53.4 Å². The van der Waals surface area contributed by atoms with Crippen LogP contribution in [0.15, 0.2) is 49.1 Å². The summed E-state index contributed by atoms with van der Waals surface area (Å²) >= 11 is 0. The molecule has 0 aromatic carbocycles. The Morgan fingerprint density at radius 2 is 0.935 bits per heavy atom. The van der Waals surface area contributed by atoms with Crippen molar-refractivity contribution in [3.8, 4) is 11.5 Å². The minimum atomic E-state index is 0.211. The fourth-order valence-corrected chi connectivity index (χ4v) is 3.35. The molecule has 0 unspecified atom stereocenters. The summed E-state index contributed by atoms with van der Waals surface area (Å²) in [5.41, 5.74) is 0. The van der Waals surface area contributed by atoms with E-state index in [9.17, 15) is 0 Å². The largest absolute Gasteiger partial charge is 0.506 e. The predicted octanol–water partition coefficient (Wildman–Crippen LogP) is 6.58. The van der Waals surface area contributed by atoms with E-state index in [2.05, 4.69) is 37.7 Å². The Bertz CT molecular complexity index is 534. The Labute approximate surface area is 190 Å². The molecule has 0 atom stereocenters. The molecule has 2 N–H and O–H groups in total. The average molecular weight is 433 g/mol. The molecule has 5 heteroatoms. The van der Waals surface area contributed by atoms with Crippen LogP contribution in [-0.4, -0.2) is 50.8 Å². The van der Waals surface area contributed by atoms with Gasteiger partial charge in [0.05, 0.1) is 38.6 Å². The number of quaternary nitrogens is 1. The van der Waals surface area contributed by atoms with Gasteiger partial charge in [-0.3, -0.25) is 9.97 Å². The molecule has 0 saturated heterocycles. The zero-order valence-electron chi connectivity index (χ0n) is 20.3. The molecule has 2 aromatic rings. The second-order valence-corrected chi connectivity index (χ2v) is 8.07. The monoisotopic (exact) mass is 432 g/mol. The Morgan fingerprint density at radius 1 is 0.613 bits per heavy atom. The van der Waals surface area contributed by atoms with E-state index < -0.39 is 0 Å². The lowest BCUT2D eigenvalue weighted by Gasteiger charge is -2.39. The summed E-state index contributed by atoms with van der Waals surface area (Å²) in [4.78, 5) is 7.27. The van der Waals surface area contributed by atoms with Gasteiger partial charge >= 0.3 is 0 Å². The molecule has 5 nitrogen and oxygen atoms in total. The highest BCUT2D eigenvalue weighted by molar-refractivity contribution is 5.12. The van der Waals surface area contributed by atoms with E-state index >= 15 is 0 Å². The fraction of sp³-hybridized carbons (Fsp3) is 0.615. The van der Waals surface area contributed by atoms with Crippen LogP contribution in [-0.2, 0) is 0 Å². The van der Waals surface area contributed by atoms with Crippen molar-refractivity contribution < 1.29 is 14.7 Å². The number of hydrogen-bond donors (Lipinski definition) is 2. The summed E-state index contributed by atoms with van der Waals surface area (Å²) in [6.07, 6.45) is 17.1. The summed E-state index contributed by atoms with van der Waals surface area (Å²) in [5.74, 6) is 0.421. The number of hydrogen-bond acceptors (Lipinski definition) is 4. The second kappa shape index (κ2) is 19.8. The van der Waals surface area contributed by atoms with E-state index in [0.717, 1.165) is 0 Å². The second-order valence-electron chi connectivity index (χ2n) is 8.07. The first-order valence-corrected chi connectivity index (χ1v) is 12.1. The summed E-state index contributed by atoms with van der Waals surface area (Å²) in [6.45, 7) is 15.0. The maximum Gasteiger partial charge on any atom is 0.133 e. The normalized spacial score (nSPS) is 10.5. The van der Waals surface area contributed by atoms with E-state index in [1.807, 2.05) is 0 Å². The van der Waals surface area contributed by atoms with Crippen LogP contribution in [0.1, 0.15) is 79.1 Å². The van der Waals surface area contributed by atoms with Crippen molar-refractivity contribution in [2.24, 2.45) is 0 Å². The molecule has 31 heavy (non-hydrogen) atoms. The lowest BCUT2D eigenvalue weighted by Crippen LogP contribution is -2.50. The molecule has 0 amide bonds. The highest BCUT2D eigenvalue weighted by Crippen LogP contribution is 2.16. The maximum atomic E-state index is 8.57. The third kappa shape index (κ3) is 16.3. The van der Waals surface area contributed by atoms with E-state index in [-0.39, 0.29) is 11.5 Å². The number of aromatic hydroxyl groups is 2. The maximum absolute atomic E-state index is 8.57. The van der Waals surface area contributed by atoms with E-state index in [0.29, 0.717) is 0 Å². The Balaban J connectivity index is 0.000000518. The van der Waals surface area contributed by atoms with Crippen molar-refractivity contribution in [3.05, 3.63) is 49.1 Å². The van der Waals surface area contributed by atoms with Gasteiger partial charge in [-0.25, -0.2) is 0 Å². The zero-order chi connectivity index (χ0) is 23.2. The lowest BCUT2D eigenvalue weighted by molar-refractivity contribution is -0.929. The van der Waals surface area contributed by atoms with Crippen LogP contribution < -0.4 is 0 Å². The molecular formula is C26H46N3O2+. The van der Waals surface area contributed by atoms with Crippen molar-refractivity contribution in [3.63, 3.8) is 0 Å². The van der Waals surface area contributed by atoms with E-state index in [1.165, 1.54) is 94.4 Å². The highest BCUT2D eigenvalue weighted by atomic mass is 16.3. The average Bonchev–Trinajstić information content (AvgIpc) is 2.80. The SMILES string of the molecule is CCCC[N+](CCCC)(CCCC)CCCC.Oc1cccnc1.Oc1cccnc1. The van der Waals surface area contributed by atoms with Crippen molar-refractivity contribution in [1.82, 2.24) is 9.97 Å². The summed E-state index contributed by atoms with van der Waals surface area (Å²) in [5, 5.41) is 17.1. The van der Waals surface area contributed by atoms with Gasteiger partial charge < -0.3 is 14.7 Å². The van der Waals surface area contributed by atoms with Crippen LogP contribution in [0.4, 0.5) is 0 Å². The van der Waals surface area contributed by atoms with Gasteiger partial charge in [-0.15, -0.1) is 0 Å². The Kier molecular flexibility index (Phi) is 18.4. The molecular weight excluding hydrogens is 386 g/mol. The topological polar surface area (TPSA) is 66.2 Å². The number of nitrogens with zero attached hydrogens (tertiary/aromatic N) is 3. The summed E-state index contributed by atoms with van der Waals surface area (Å²) < 4.78 is 1.42. The molecule has 0 spiro atoms. The molecule has 2 heterocycles. The van der Waals surface area contributed by atoms with Crippen molar-refractivity contribution >= 4 is 0 Å². The number of rotatable bonds is 12. The minimum absolute atomic E-state index is 0.211. The molecule has 0 fully saturated rings. The van der Waals surface area contributed by atoms with Crippen LogP contribution in [0.3, 0.4) is 0 Å². The molecule has 0 aliphatic heterocycles. The summed E-state index contributed by atoms with van der Waals surface area (Å²) in [6, 6.07) is 6.50. The first-order chi connectivity index (χ1) is 15.0. The zero-order valence-corrected chi connectivity index (χ0v) is 20.3. The molecule has 0 aliphatic rings. The van der Waals surface area contributed by atoms with Crippen LogP contribution in [0.25, 0.3) is 0 Å². The van der Waals surface area contributed by atoms with Gasteiger partial charge in [0.15, 0.2) is 0 Å². The van der Waals surface area contributed by atoms with Gasteiger partial charge in [-0.2, -0.15) is 0 Å². The predicted molar refractivity (Wildman–Crippen MR) is 131 cm³/mol. The van der Waals surface area contributed by atoms with Crippen LogP contribution in [0, 0.1) is 0 Å². The van der Waals surface area contributed by atoms with Gasteiger partial charge in [0, 0.05) is 12.4 Å². The van der Waals surface area contributed by atoms with Crippen molar-refractivity contribution in [2.75, 3.05) is 26.2 Å². The first-order valence-electron chi connectivity index (χ1n) is 12.1. The smallest absolute Gasteiger partial charge is 0.133 e. The third-order valence-corrected chi connectivity index (χ3v) is 5.24. The first kappa shape index (κ1) is 28.9. The van der Waals surface area contributed by atoms with E-state index in [1.54, 1.807) is 36.7 Å². The quantitative estimate of drug-likeness (QED) is 0.372. The molecule has 2 aromatic heterocycles. The van der Waals surface area contributed by atoms with Gasteiger partial charge in [0.25, 0.3) is 0 Å². The van der Waals surface area contributed by atoms with Gasteiger partial charge in [-0.05, 0) is 49.9 Å². The fourth-order valence-electron chi connectivity index (χ4n) is 3.35.